The summed E-state index contributed by atoms with van der Waals surface area (Å²) in [6.45, 7) is 2.86. The number of hydrogen-bond donors (Lipinski definition) is 1. The first kappa shape index (κ1) is 17.4. The van der Waals surface area contributed by atoms with Gasteiger partial charge in [0.15, 0.2) is 0 Å². The Kier molecular flexibility index (Phi) is 4.89. The molecule has 0 radical (unpaired) electrons. The van der Waals surface area contributed by atoms with Crippen molar-refractivity contribution in [3.05, 3.63) is 64.1 Å². The maximum atomic E-state index is 12.6. The van der Waals surface area contributed by atoms with E-state index in [4.69, 9.17) is 11.6 Å². The number of carbonyl (C=O) groups excluding carboxylic acids is 1. The summed E-state index contributed by atoms with van der Waals surface area (Å²) in [4.78, 5) is 19.9. The van der Waals surface area contributed by atoms with Crippen LogP contribution >= 0.6 is 34.7 Å². The van der Waals surface area contributed by atoms with Crippen molar-refractivity contribution in [2.75, 3.05) is 22.5 Å². The van der Waals surface area contributed by atoms with Crippen molar-refractivity contribution in [3.8, 4) is 0 Å². The Hall–Kier alpha value is -2.02. The molecule has 26 heavy (non-hydrogen) atoms. The van der Waals surface area contributed by atoms with Gasteiger partial charge in [0.1, 0.15) is 5.03 Å². The second-order valence-electron chi connectivity index (χ2n) is 5.90. The van der Waals surface area contributed by atoms with Gasteiger partial charge in [-0.2, -0.15) is 0 Å². The Labute approximate surface area is 165 Å². The molecular formula is C19H16ClN3OS2. The smallest absolute Gasteiger partial charge is 0.265 e. The number of aromatic nitrogens is 1. The summed E-state index contributed by atoms with van der Waals surface area (Å²) in [7, 11) is 0. The van der Waals surface area contributed by atoms with E-state index < -0.39 is 0 Å². The minimum atomic E-state index is -0.148. The van der Waals surface area contributed by atoms with Crippen LogP contribution in [0, 0.1) is 6.92 Å². The van der Waals surface area contributed by atoms with Gasteiger partial charge in [-0.3, -0.25) is 4.79 Å². The van der Waals surface area contributed by atoms with Crippen LogP contribution in [0.1, 0.15) is 15.2 Å². The molecule has 0 saturated heterocycles. The first-order valence-corrected chi connectivity index (χ1v) is 10.3. The van der Waals surface area contributed by atoms with Gasteiger partial charge in [0.25, 0.3) is 5.91 Å². The third-order valence-electron chi connectivity index (χ3n) is 4.05. The van der Waals surface area contributed by atoms with E-state index >= 15 is 0 Å². The van der Waals surface area contributed by atoms with Crippen LogP contribution < -0.4 is 10.2 Å². The molecule has 1 aliphatic rings. The molecule has 0 aliphatic carbocycles. The van der Waals surface area contributed by atoms with Crippen molar-refractivity contribution in [1.82, 2.24) is 4.98 Å². The molecule has 4 rings (SSSR count). The standard InChI is InChI=1S/C19H16ClN3OS2/c1-12-4-5-14(13(20)11-12)22-18(24)16-6-7-17(26-16)23-9-10-25-19-15(23)3-2-8-21-19/h2-8,11H,9-10H2,1H3,(H,22,24). The van der Waals surface area contributed by atoms with Gasteiger partial charge in [-0.15, -0.1) is 23.1 Å². The van der Waals surface area contributed by atoms with Gasteiger partial charge >= 0.3 is 0 Å². The highest BCUT2D eigenvalue weighted by atomic mass is 35.5. The van der Waals surface area contributed by atoms with E-state index in [-0.39, 0.29) is 5.91 Å². The number of hydrogen-bond acceptors (Lipinski definition) is 5. The molecule has 1 amide bonds. The molecule has 1 aliphatic heterocycles. The number of nitrogens with zero attached hydrogens (tertiary/aromatic N) is 2. The molecule has 1 N–H and O–H groups in total. The number of nitrogens with one attached hydrogen (secondary N) is 1. The Bertz CT molecular complexity index is 973. The fourth-order valence-corrected chi connectivity index (χ4v) is 4.93. The largest absolute Gasteiger partial charge is 0.330 e. The van der Waals surface area contributed by atoms with Crippen LogP contribution in [0.5, 0.6) is 0 Å². The minimum Gasteiger partial charge on any atom is -0.330 e. The molecule has 0 spiro atoms. The van der Waals surface area contributed by atoms with Crippen LogP contribution in [-0.4, -0.2) is 23.2 Å². The number of carbonyl (C=O) groups is 1. The van der Waals surface area contributed by atoms with Gasteiger partial charge in [-0.25, -0.2) is 4.98 Å². The van der Waals surface area contributed by atoms with Gasteiger partial charge in [0.2, 0.25) is 0 Å². The van der Waals surface area contributed by atoms with Gasteiger partial charge in [-0.1, -0.05) is 17.7 Å². The van der Waals surface area contributed by atoms with Gasteiger partial charge in [-0.05, 0) is 48.9 Å². The van der Waals surface area contributed by atoms with Crippen molar-refractivity contribution in [2.45, 2.75) is 11.9 Å². The predicted molar refractivity (Wildman–Crippen MR) is 110 cm³/mol. The predicted octanol–water partition coefficient (Wildman–Crippen LogP) is 5.60. The summed E-state index contributed by atoms with van der Waals surface area (Å²) in [5.74, 6) is 0.826. The zero-order chi connectivity index (χ0) is 18.1. The summed E-state index contributed by atoms with van der Waals surface area (Å²) in [5, 5.41) is 5.51. The molecule has 2 aromatic heterocycles. The van der Waals surface area contributed by atoms with E-state index in [0.717, 1.165) is 33.6 Å². The van der Waals surface area contributed by atoms with E-state index in [0.29, 0.717) is 15.6 Å². The van der Waals surface area contributed by atoms with E-state index in [2.05, 4.69) is 21.3 Å². The lowest BCUT2D eigenvalue weighted by Gasteiger charge is -2.28. The lowest BCUT2D eigenvalue weighted by atomic mass is 10.2. The molecule has 0 saturated carbocycles. The monoisotopic (exact) mass is 401 g/mol. The van der Waals surface area contributed by atoms with Crippen LogP contribution in [0.25, 0.3) is 0 Å². The number of thiophene rings is 1. The third kappa shape index (κ3) is 3.45. The minimum absolute atomic E-state index is 0.148. The van der Waals surface area contributed by atoms with Crippen molar-refractivity contribution in [2.24, 2.45) is 0 Å². The second-order valence-corrected chi connectivity index (χ2v) is 8.46. The highest BCUT2D eigenvalue weighted by molar-refractivity contribution is 7.99. The molecule has 7 heteroatoms. The fourth-order valence-electron chi connectivity index (χ4n) is 2.78. The van der Waals surface area contributed by atoms with Crippen LogP contribution in [0.4, 0.5) is 16.4 Å². The average Bonchev–Trinajstić information content (AvgIpc) is 3.13. The van der Waals surface area contributed by atoms with Gasteiger partial charge in [0.05, 0.1) is 26.3 Å². The Morgan fingerprint density at radius 1 is 1.27 bits per heavy atom. The maximum Gasteiger partial charge on any atom is 0.265 e. The highest BCUT2D eigenvalue weighted by Gasteiger charge is 2.22. The Morgan fingerprint density at radius 2 is 2.15 bits per heavy atom. The normalized spacial score (nSPS) is 13.4. The quantitative estimate of drug-likeness (QED) is 0.620. The number of amides is 1. The molecular weight excluding hydrogens is 386 g/mol. The molecule has 3 heterocycles. The first-order valence-electron chi connectivity index (χ1n) is 8.14. The van der Waals surface area contributed by atoms with E-state index in [9.17, 15) is 4.79 Å². The summed E-state index contributed by atoms with van der Waals surface area (Å²) in [6, 6.07) is 13.5. The van der Waals surface area contributed by atoms with Crippen molar-refractivity contribution < 1.29 is 4.79 Å². The highest BCUT2D eigenvalue weighted by Crippen LogP contribution is 2.40. The maximum absolute atomic E-state index is 12.6. The van der Waals surface area contributed by atoms with E-state index in [1.54, 1.807) is 11.8 Å². The number of aryl methyl sites for hydroxylation is 1. The zero-order valence-electron chi connectivity index (χ0n) is 14.0. The molecule has 4 nitrogen and oxygen atoms in total. The SMILES string of the molecule is Cc1ccc(NC(=O)c2ccc(N3CCSc4ncccc43)s2)c(Cl)c1. The van der Waals surface area contributed by atoms with Gasteiger partial charge < -0.3 is 10.2 Å². The second kappa shape index (κ2) is 7.31. The molecule has 0 fully saturated rings. The average molecular weight is 402 g/mol. The summed E-state index contributed by atoms with van der Waals surface area (Å²) >= 11 is 9.45. The number of anilines is 3. The van der Waals surface area contributed by atoms with Crippen molar-refractivity contribution in [1.29, 1.82) is 0 Å². The summed E-state index contributed by atoms with van der Waals surface area (Å²) in [5.41, 5.74) is 2.78. The molecule has 1 aromatic carbocycles. The third-order valence-corrected chi connectivity index (χ3v) is 6.44. The molecule has 0 unspecified atom stereocenters. The van der Waals surface area contributed by atoms with Crippen LogP contribution in [-0.2, 0) is 0 Å². The number of halogens is 1. The van der Waals surface area contributed by atoms with E-state index in [1.165, 1.54) is 11.3 Å². The topological polar surface area (TPSA) is 45.2 Å². The molecule has 132 valence electrons. The Balaban J connectivity index is 1.56. The number of thioether (sulfide) groups is 1. The number of fused-ring (bicyclic) bond motifs is 1. The zero-order valence-corrected chi connectivity index (χ0v) is 16.4. The number of rotatable bonds is 3. The number of benzene rings is 1. The summed E-state index contributed by atoms with van der Waals surface area (Å²) in [6.07, 6.45) is 1.81. The van der Waals surface area contributed by atoms with E-state index in [1.807, 2.05) is 49.5 Å². The summed E-state index contributed by atoms with van der Waals surface area (Å²) < 4.78 is 0. The fraction of sp³-hybridized carbons (Fsp3) is 0.158. The van der Waals surface area contributed by atoms with Crippen molar-refractivity contribution in [3.63, 3.8) is 0 Å². The van der Waals surface area contributed by atoms with Crippen LogP contribution in [0.2, 0.25) is 5.02 Å². The van der Waals surface area contributed by atoms with Crippen molar-refractivity contribution >= 4 is 57.0 Å². The van der Waals surface area contributed by atoms with Crippen LogP contribution in [0.3, 0.4) is 0 Å². The Morgan fingerprint density at radius 3 is 3.00 bits per heavy atom. The first-order chi connectivity index (χ1) is 12.6. The molecule has 0 bridgehead atoms. The van der Waals surface area contributed by atoms with Crippen LogP contribution in [0.15, 0.2) is 53.7 Å². The molecule has 3 aromatic rings. The molecule has 0 atom stereocenters. The lowest BCUT2D eigenvalue weighted by molar-refractivity contribution is 0.103. The number of pyridine rings is 1. The van der Waals surface area contributed by atoms with Gasteiger partial charge in [0, 0.05) is 18.5 Å². The lowest BCUT2D eigenvalue weighted by Crippen LogP contribution is -2.23.